The van der Waals surface area contributed by atoms with Crippen LogP contribution in [-0.4, -0.2) is 23.0 Å². The highest BCUT2D eigenvalue weighted by Crippen LogP contribution is 2.30. The van der Waals surface area contributed by atoms with Crippen LogP contribution >= 0.6 is 11.6 Å². The first-order chi connectivity index (χ1) is 15.0. The lowest BCUT2D eigenvalue weighted by molar-refractivity contribution is -0.136. The zero-order valence-electron chi connectivity index (χ0n) is 16.5. The van der Waals surface area contributed by atoms with E-state index in [1.807, 2.05) is 0 Å². The summed E-state index contributed by atoms with van der Waals surface area (Å²) in [6, 6.07) is 13.0. The van der Waals surface area contributed by atoms with Crippen molar-refractivity contribution < 1.29 is 19.5 Å². The number of benzene rings is 2. The van der Waals surface area contributed by atoms with E-state index in [2.05, 4.69) is 16.7 Å². The van der Waals surface area contributed by atoms with E-state index >= 15 is 0 Å². The van der Waals surface area contributed by atoms with Crippen molar-refractivity contribution in [3.8, 4) is 18.1 Å². The number of carbonyl (C=O) groups is 2. The molecule has 7 heteroatoms. The molecule has 3 rings (SSSR count). The second-order valence-corrected chi connectivity index (χ2v) is 7.34. The summed E-state index contributed by atoms with van der Waals surface area (Å²) in [5, 5.41) is 12.8. The summed E-state index contributed by atoms with van der Waals surface area (Å²) in [6.07, 6.45) is 10.3. The Bertz CT molecular complexity index is 1070. The number of halogens is 1. The van der Waals surface area contributed by atoms with E-state index in [1.165, 1.54) is 6.08 Å². The highest BCUT2D eigenvalue weighted by atomic mass is 35.5. The van der Waals surface area contributed by atoms with Crippen molar-refractivity contribution >= 4 is 23.4 Å². The number of terminal acetylenes is 1. The molecule has 0 bridgehead atoms. The number of amides is 2. The maximum absolute atomic E-state index is 13.0. The zero-order valence-corrected chi connectivity index (χ0v) is 17.3. The number of aromatic hydroxyl groups is 1. The fraction of sp³-hybridized carbons (Fsp3) is 0.167. The molecule has 0 unspecified atom stereocenters. The summed E-state index contributed by atoms with van der Waals surface area (Å²) in [7, 11) is 0. The van der Waals surface area contributed by atoms with Gasteiger partial charge in [-0.2, -0.15) is 0 Å². The normalized spacial score (nSPS) is 18.2. The summed E-state index contributed by atoms with van der Waals surface area (Å²) in [5.41, 5.74) is 4.23. The molecule has 0 radical (unpaired) electrons. The van der Waals surface area contributed by atoms with Gasteiger partial charge in [-0.15, -0.1) is 6.42 Å². The fourth-order valence-corrected chi connectivity index (χ4v) is 3.55. The van der Waals surface area contributed by atoms with Gasteiger partial charge in [-0.3, -0.25) is 14.4 Å². The van der Waals surface area contributed by atoms with Crippen molar-refractivity contribution in [3.63, 3.8) is 0 Å². The Balaban J connectivity index is 1.75. The highest BCUT2D eigenvalue weighted by Gasteiger charge is 2.37. The van der Waals surface area contributed by atoms with E-state index in [4.69, 9.17) is 22.9 Å². The second kappa shape index (κ2) is 10.5. The number of fused-ring (bicyclic) bond motifs is 1. The third kappa shape index (κ3) is 5.76. The molecule has 1 aliphatic heterocycles. The number of phenolic OH excluding ortho intramolecular Hbond substituents is 1. The fourth-order valence-electron chi connectivity index (χ4n) is 3.40. The van der Waals surface area contributed by atoms with Gasteiger partial charge in [-0.05, 0) is 41.8 Å². The smallest absolute Gasteiger partial charge is 0.253 e. The number of hydroxylamine groups is 1. The molecule has 0 saturated carbocycles. The van der Waals surface area contributed by atoms with Gasteiger partial charge in [0.25, 0.3) is 11.8 Å². The number of nitrogens with one attached hydrogen (secondary N) is 2. The van der Waals surface area contributed by atoms with Gasteiger partial charge in [0.2, 0.25) is 0 Å². The molecule has 0 fully saturated rings. The third-order valence-electron chi connectivity index (χ3n) is 4.75. The quantitative estimate of drug-likeness (QED) is 0.352. The molecule has 158 valence electrons. The first-order valence-corrected chi connectivity index (χ1v) is 9.95. The topological polar surface area (TPSA) is 87.7 Å². The van der Waals surface area contributed by atoms with Gasteiger partial charge in [0.15, 0.2) is 0 Å². The zero-order chi connectivity index (χ0) is 22.2. The molecule has 2 aromatic carbocycles. The molecule has 6 nitrogen and oxygen atoms in total. The van der Waals surface area contributed by atoms with E-state index in [0.717, 1.165) is 0 Å². The Morgan fingerprint density at radius 1 is 1.29 bits per heavy atom. The van der Waals surface area contributed by atoms with Gasteiger partial charge in [0.05, 0.1) is 12.5 Å². The average molecular weight is 437 g/mol. The van der Waals surface area contributed by atoms with Crippen molar-refractivity contribution in [1.82, 2.24) is 10.8 Å². The minimum absolute atomic E-state index is 0.0813. The van der Waals surface area contributed by atoms with Crippen LogP contribution in [0.25, 0.3) is 0 Å². The predicted octanol–water partition coefficient (Wildman–Crippen LogP) is 3.54. The molecule has 0 aromatic heterocycles. The lowest BCUT2D eigenvalue weighted by atomic mass is 9.82. The van der Waals surface area contributed by atoms with Crippen molar-refractivity contribution in [3.05, 3.63) is 88.5 Å². The SMILES string of the molecule is C#C/C=C(Cl)\C=C/C[C@@H]1NC(=O)c2ccccc2[C@H]1C(=O)NOCc1cccc(O)c1. The first-order valence-electron chi connectivity index (χ1n) is 9.57. The van der Waals surface area contributed by atoms with Gasteiger partial charge in [-0.25, -0.2) is 5.48 Å². The minimum Gasteiger partial charge on any atom is -0.508 e. The van der Waals surface area contributed by atoms with Crippen LogP contribution in [0, 0.1) is 12.3 Å². The van der Waals surface area contributed by atoms with E-state index in [-0.39, 0.29) is 18.3 Å². The molecular formula is C24H21ClN2O4. The van der Waals surface area contributed by atoms with Gasteiger partial charge >= 0.3 is 0 Å². The van der Waals surface area contributed by atoms with Gasteiger partial charge in [0.1, 0.15) is 5.75 Å². The van der Waals surface area contributed by atoms with Crippen LogP contribution in [-0.2, 0) is 16.2 Å². The number of rotatable bonds is 7. The van der Waals surface area contributed by atoms with Crippen LogP contribution in [0.4, 0.5) is 0 Å². The Kier molecular flexibility index (Phi) is 7.50. The number of carbonyl (C=O) groups excluding carboxylic acids is 2. The molecule has 2 aromatic rings. The monoisotopic (exact) mass is 436 g/mol. The molecule has 0 spiro atoms. The lowest BCUT2D eigenvalue weighted by Gasteiger charge is -2.32. The molecule has 3 N–H and O–H groups in total. The minimum atomic E-state index is -0.668. The molecule has 0 saturated heterocycles. The Morgan fingerprint density at radius 3 is 2.87 bits per heavy atom. The number of phenols is 1. The number of hydrogen-bond acceptors (Lipinski definition) is 4. The van der Waals surface area contributed by atoms with Crippen LogP contribution in [0.3, 0.4) is 0 Å². The van der Waals surface area contributed by atoms with Gasteiger partial charge in [-0.1, -0.05) is 53.9 Å². The van der Waals surface area contributed by atoms with Crippen LogP contribution in [0.5, 0.6) is 5.75 Å². The van der Waals surface area contributed by atoms with Crippen molar-refractivity contribution in [2.45, 2.75) is 25.0 Å². The summed E-state index contributed by atoms with van der Waals surface area (Å²) in [4.78, 5) is 30.9. The van der Waals surface area contributed by atoms with Gasteiger partial charge < -0.3 is 10.4 Å². The molecular weight excluding hydrogens is 416 g/mol. The molecule has 2 amide bonds. The molecule has 1 heterocycles. The van der Waals surface area contributed by atoms with Crippen molar-refractivity contribution in [1.29, 1.82) is 0 Å². The summed E-state index contributed by atoms with van der Waals surface area (Å²) < 4.78 is 0. The largest absolute Gasteiger partial charge is 0.508 e. The third-order valence-corrected chi connectivity index (χ3v) is 4.99. The van der Waals surface area contributed by atoms with Crippen LogP contribution < -0.4 is 10.8 Å². The first kappa shape index (κ1) is 22.2. The Labute approximate surface area is 185 Å². The standard InChI is InChI=1S/C24H21ClN2O4/c1-2-7-17(25)9-6-13-21-22(19-11-3-4-12-20(19)23(29)26-21)24(30)27-31-15-16-8-5-10-18(28)14-16/h1,3-12,14,21-22,28H,13,15H2,(H,26,29)(H,27,30)/b9-6-,17-7+/t21-,22+/m0/s1. The number of hydrogen-bond donors (Lipinski definition) is 3. The molecule has 2 atom stereocenters. The molecule has 0 aliphatic carbocycles. The highest BCUT2D eigenvalue weighted by molar-refractivity contribution is 6.31. The van der Waals surface area contributed by atoms with E-state index < -0.39 is 17.9 Å². The lowest BCUT2D eigenvalue weighted by Crippen LogP contribution is -2.49. The van der Waals surface area contributed by atoms with Crippen LogP contribution in [0.2, 0.25) is 0 Å². The summed E-state index contributed by atoms with van der Waals surface area (Å²) in [5.74, 6) is 1.14. The van der Waals surface area contributed by atoms with Crippen molar-refractivity contribution in [2.75, 3.05) is 0 Å². The number of allylic oxidation sites excluding steroid dienone is 3. The predicted molar refractivity (Wildman–Crippen MR) is 118 cm³/mol. The Morgan fingerprint density at radius 2 is 2.10 bits per heavy atom. The second-order valence-electron chi connectivity index (χ2n) is 6.90. The van der Waals surface area contributed by atoms with E-state index in [0.29, 0.717) is 28.1 Å². The Hall–Kier alpha value is -3.53. The maximum atomic E-state index is 13.0. The molecule has 31 heavy (non-hydrogen) atoms. The van der Waals surface area contributed by atoms with Gasteiger partial charge in [0, 0.05) is 22.7 Å². The van der Waals surface area contributed by atoms with Crippen molar-refractivity contribution in [2.24, 2.45) is 0 Å². The average Bonchev–Trinajstić information content (AvgIpc) is 2.74. The summed E-state index contributed by atoms with van der Waals surface area (Å²) >= 11 is 5.97. The molecule has 1 aliphatic rings. The van der Waals surface area contributed by atoms with E-state index in [9.17, 15) is 14.7 Å². The van der Waals surface area contributed by atoms with Crippen LogP contribution in [0.15, 0.2) is 71.8 Å². The van der Waals surface area contributed by atoms with E-state index in [1.54, 1.807) is 60.7 Å². The van der Waals surface area contributed by atoms with Crippen LogP contribution in [0.1, 0.15) is 33.8 Å². The summed E-state index contributed by atoms with van der Waals surface area (Å²) in [6.45, 7) is 0.0813. The maximum Gasteiger partial charge on any atom is 0.253 e.